The van der Waals surface area contributed by atoms with E-state index < -0.39 is 0 Å². The molecule has 0 aliphatic heterocycles. The first-order valence-corrected chi connectivity index (χ1v) is 5.77. The molecule has 0 spiro atoms. The van der Waals surface area contributed by atoms with Crippen molar-refractivity contribution in [1.82, 2.24) is 10.3 Å². The first-order chi connectivity index (χ1) is 7.31. The van der Waals surface area contributed by atoms with Gasteiger partial charge in [-0.3, -0.25) is 0 Å². The molecular formula is C11H14N2OS. The molecule has 2 aromatic rings. The van der Waals surface area contributed by atoms with Gasteiger partial charge in [0.2, 0.25) is 0 Å². The average Bonchev–Trinajstić information content (AvgIpc) is 2.83. The van der Waals surface area contributed by atoms with Gasteiger partial charge in [0, 0.05) is 13.0 Å². The monoisotopic (exact) mass is 222 g/mol. The number of aryl methyl sites for hydroxylation is 1. The Balaban J connectivity index is 2.22. The quantitative estimate of drug-likeness (QED) is 0.863. The van der Waals surface area contributed by atoms with E-state index in [0.29, 0.717) is 0 Å². The van der Waals surface area contributed by atoms with Crippen molar-refractivity contribution in [2.75, 3.05) is 13.6 Å². The summed E-state index contributed by atoms with van der Waals surface area (Å²) in [4.78, 5) is 5.67. The second-order valence-corrected chi connectivity index (χ2v) is 4.44. The SMILES string of the molecule is CNCCc1nc(C)c(-c2ccco2)s1. The third-order valence-electron chi connectivity index (χ3n) is 2.17. The second kappa shape index (κ2) is 4.59. The Bertz CT molecular complexity index is 420. The predicted molar refractivity (Wildman–Crippen MR) is 62.2 cm³/mol. The summed E-state index contributed by atoms with van der Waals surface area (Å²) >= 11 is 1.71. The molecule has 4 heteroatoms. The van der Waals surface area contributed by atoms with Gasteiger partial charge in [0.1, 0.15) is 5.76 Å². The van der Waals surface area contributed by atoms with Gasteiger partial charge in [-0.1, -0.05) is 0 Å². The van der Waals surface area contributed by atoms with E-state index in [-0.39, 0.29) is 0 Å². The number of hydrogen-bond donors (Lipinski definition) is 1. The first kappa shape index (κ1) is 10.4. The molecule has 2 rings (SSSR count). The molecule has 2 aromatic heterocycles. The summed E-state index contributed by atoms with van der Waals surface area (Å²) < 4.78 is 5.37. The third-order valence-corrected chi connectivity index (χ3v) is 3.41. The van der Waals surface area contributed by atoms with Crippen molar-refractivity contribution in [1.29, 1.82) is 0 Å². The number of nitrogens with one attached hydrogen (secondary N) is 1. The molecular weight excluding hydrogens is 208 g/mol. The Morgan fingerprint density at radius 2 is 2.40 bits per heavy atom. The molecule has 3 nitrogen and oxygen atoms in total. The van der Waals surface area contributed by atoms with E-state index >= 15 is 0 Å². The van der Waals surface area contributed by atoms with Gasteiger partial charge in [-0.25, -0.2) is 4.98 Å². The lowest BCUT2D eigenvalue weighted by Crippen LogP contribution is -2.09. The number of hydrogen-bond acceptors (Lipinski definition) is 4. The van der Waals surface area contributed by atoms with E-state index in [0.717, 1.165) is 34.3 Å². The Morgan fingerprint density at radius 1 is 1.53 bits per heavy atom. The number of likely N-dealkylation sites (N-methyl/N-ethyl adjacent to an activating group) is 1. The Morgan fingerprint density at radius 3 is 3.07 bits per heavy atom. The van der Waals surface area contributed by atoms with Crippen LogP contribution in [0.25, 0.3) is 10.6 Å². The van der Waals surface area contributed by atoms with E-state index in [9.17, 15) is 0 Å². The summed E-state index contributed by atoms with van der Waals surface area (Å²) in [5.41, 5.74) is 1.06. The summed E-state index contributed by atoms with van der Waals surface area (Å²) in [6.07, 6.45) is 2.67. The molecule has 2 heterocycles. The van der Waals surface area contributed by atoms with Crippen molar-refractivity contribution in [2.24, 2.45) is 0 Å². The van der Waals surface area contributed by atoms with Gasteiger partial charge in [0.05, 0.1) is 21.8 Å². The Kier molecular flexibility index (Phi) is 3.18. The molecule has 0 unspecified atom stereocenters. The average molecular weight is 222 g/mol. The highest BCUT2D eigenvalue weighted by atomic mass is 32.1. The van der Waals surface area contributed by atoms with Crippen molar-refractivity contribution < 1.29 is 4.42 Å². The fraction of sp³-hybridized carbons (Fsp3) is 0.364. The summed E-state index contributed by atoms with van der Waals surface area (Å²) in [5, 5.41) is 4.28. The van der Waals surface area contributed by atoms with Crippen molar-refractivity contribution >= 4 is 11.3 Å². The van der Waals surface area contributed by atoms with E-state index in [1.807, 2.05) is 26.1 Å². The van der Waals surface area contributed by atoms with Crippen molar-refractivity contribution in [2.45, 2.75) is 13.3 Å². The van der Waals surface area contributed by atoms with Gasteiger partial charge in [0.15, 0.2) is 0 Å². The molecule has 0 saturated heterocycles. The van der Waals surface area contributed by atoms with Crippen LogP contribution in [0.15, 0.2) is 22.8 Å². The molecule has 0 amide bonds. The fourth-order valence-corrected chi connectivity index (χ4v) is 2.46. The van der Waals surface area contributed by atoms with E-state index in [1.165, 1.54) is 0 Å². The number of thiazole rings is 1. The van der Waals surface area contributed by atoms with Crippen LogP contribution in [0.1, 0.15) is 10.7 Å². The van der Waals surface area contributed by atoms with Crippen LogP contribution in [-0.2, 0) is 6.42 Å². The Hall–Kier alpha value is -1.13. The highest BCUT2D eigenvalue weighted by Crippen LogP contribution is 2.30. The molecule has 0 saturated carbocycles. The van der Waals surface area contributed by atoms with Gasteiger partial charge in [-0.05, 0) is 26.1 Å². The minimum absolute atomic E-state index is 0.917. The zero-order valence-electron chi connectivity index (χ0n) is 8.91. The standard InChI is InChI=1S/C11H14N2OS/c1-8-11(9-4-3-7-14-9)15-10(13-8)5-6-12-2/h3-4,7,12H,5-6H2,1-2H3. The van der Waals surface area contributed by atoms with E-state index in [2.05, 4.69) is 10.3 Å². The maximum atomic E-state index is 5.37. The smallest absolute Gasteiger partial charge is 0.145 e. The fourth-order valence-electron chi connectivity index (χ4n) is 1.43. The number of furan rings is 1. The maximum absolute atomic E-state index is 5.37. The molecule has 0 radical (unpaired) electrons. The van der Waals surface area contributed by atoms with Gasteiger partial charge >= 0.3 is 0 Å². The van der Waals surface area contributed by atoms with Gasteiger partial charge in [0.25, 0.3) is 0 Å². The number of nitrogens with zero attached hydrogens (tertiary/aromatic N) is 1. The van der Waals surface area contributed by atoms with Crippen LogP contribution >= 0.6 is 11.3 Å². The minimum atomic E-state index is 0.917. The summed E-state index contributed by atoms with van der Waals surface area (Å²) in [6, 6.07) is 3.88. The van der Waals surface area contributed by atoms with Crippen LogP contribution in [0.5, 0.6) is 0 Å². The normalized spacial score (nSPS) is 10.8. The van der Waals surface area contributed by atoms with Gasteiger partial charge in [-0.15, -0.1) is 11.3 Å². The molecule has 0 bridgehead atoms. The van der Waals surface area contributed by atoms with Gasteiger partial charge in [-0.2, -0.15) is 0 Å². The van der Waals surface area contributed by atoms with Crippen LogP contribution in [0.4, 0.5) is 0 Å². The molecule has 80 valence electrons. The largest absolute Gasteiger partial charge is 0.463 e. The maximum Gasteiger partial charge on any atom is 0.145 e. The second-order valence-electron chi connectivity index (χ2n) is 3.35. The highest BCUT2D eigenvalue weighted by Gasteiger charge is 2.11. The zero-order valence-corrected chi connectivity index (χ0v) is 9.73. The van der Waals surface area contributed by atoms with Crippen LogP contribution < -0.4 is 5.32 Å². The summed E-state index contributed by atoms with van der Waals surface area (Å²) in [7, 11) is 1.95. The summed E-state index contributed by atoms with van der Waals surface area (Å²) in [5.74, 6) is 0.917. The Labute approximate surface area is 93.2 Å². The third kappa shape index (κ3) is 2.27. The molecule has 0 aliphatic carbocycles. The lowest BCUT2D eigenvalue weighted by Gasteiger charge is -1.92. The molecule has 0 atom stereocenters. The van der Waals surface area contributed by atoms with Crippen LogP contribution in [-0.4, -0.2) is 18.6 Å². The van der Waals surface area contributed by atoms with Crippen molar-refractivity contribution in [3.63, 3.8) is 0 Å². The van der Waals surface area contributed by atoms with Gasteiger partial charge < -0.3 is 9.73 Å². The predicted octanol–water partition coefficient (Wildman–Crippen LogP) is 2.47. The number of rotatable bonds is 4. The lowest BCUT2D eigenvalue weighted by atomic mass is 10.3. The van der Waals surface area contributed by atoms with E-state index in [4.69, 9.17) is 4.42 Å². The minimum Gasteiger partial charge on any atom is -0.463 e. The lowest BCUT2D eigenvalue weighted by molar-refractivity contribution is 0.583. The molecule has 0 aromatic carbocycles. The zero-order chi connectivity index (χ0) is 10.7. The number of aromatic nitrogens is 1. The van der Waals surface area contributed by atoms with Crippen molar-refractivity contribution in [3.8, 4) is 10.6 Å². The van der Waals surface area contributed by atoms with Crippen LogP contribution in [0, 0.1) is 6.92 Å². The molecule has 15 heavy (non-hydrogen) atoms. The first-order valence-electron chi connectivity index (χ1n) is 4.96. The topological polar surface area (TPSA) is 38.1 Å². The van der Waals surface area contributed by atoms with Crippen LogP contribution in [0.2, 0.25) is 0 Å². The molecule has 0 aliphatic rings. The summed E-state index contributed by atoms with van der Waals surface area (Å²) in [6.45, 7) is 2.99. The van der Waals surface area contributed by atoms with Crippen molar-refractivity contribution in [3.05, 3.63) is 29.1 Å². The highest BCUT2D eigenvalue weighted by molar-refractivity contribution is 7.15. The molecule has 0 fully saturated rings. The van der Waals surface area contributed by atoms with Crippen LogP contribution in [0.3, 0.4) is 0 Å². The van der Waals surface area contributed by atoms with E-state index in [1.54, 1.807) is 17.6 Å². The molecule has 1 N–H and O–H groups in total.